The zero-order chi connectivity index (χ0) is 13.7. The first-order valence-corrected chi connectivity index (χ1v) is 6.91. The average Bonchev–Trinajstić information content (AvgIpc) is 2.31. The molecule has 0 aromatic heterocycles. The van der Waals surface area contributed by atoms with Gasteiger partial charge in [0.25, 0.3) is 5.91 Å². The lowest BCUT2D eigenvalue weighted by molar-refractivity contribution is 0.0532. The van der Waals surface area contributed by atoms with Crippen LogP contribution in [0, 0.1) is 0 Å². The highest BCUT2D eigenvalue weighted by atomic mass is 79.9. The smallest absolute Gasteiger partial charge is 0.255 e. The van der Waals surface area contributed by atoms with Gasteiger partial charge in [0.1, 0.15) is 0 Å². The first kappa shape index (κ1) is 15.5. The Morgan fingerprint density at radius 3 is 2.78 bits per heavy atom. The number of nitrogens with zero attached hydrogens (tertiary/aromatic N) is 1. The molecular formula is C13H17BrClNO2. The van der Waals surface area contributed by atoms with Gasteiger partial charge in [-0.1, -0.05) is 17.7 Å². The first-order chi connectivity index (χ1) is 8.43. The summed E-state index contributed by atoms with van der Waals surface area (Å²) in [5, 5.41) is 0.444. The lowest BCUT2D eigenvalue weighted by atomic mass is 10.2. The van der Waals surface area contributed by atoms with Crippen molar-refractivity contribution < 1.29 is 9.53 Å². The summed E-state index contributed by atoms with van der Waals surface area (Å²) in [5.41, 5.74) is 0.498. The number of likely N-dealkylation sites (N-methyl/N-ethyl adjacent to an activating group) is 1. The molecule has 1 aromatic rings. The Bertz CT molecular complexity index is 423. The monoisotopic (exact) mass is 333 g/mol. The molecule has 0 saturated carbocycles. The Balaban J connectivity index is 2.66. The molecule has 0 spiro atoms. The van der Waals surface area contributed by atoms with Crippen molar-refractivity contribution in [1.29, 1.82) is 0 Å². The standard InChI is InChI=1S/C13H17BrClNO2/c1-9(2)18-8-7-16(3)13(17)10-5-4-6-11(14)12(10)15/h4-6,9H,7-8H2,1-3H3. The minimum atomic E-state index is -0.103. The minimum absolute atomic E-state index is 0.103. The van der Waals surface area contributed by atoms with Crippen LogP contribution in [0.15, 0.2) is 22.7 Å². The predicted octanol–water partition coefficient (Wildman–Crippen LogP) is 3.60. The molecule has 0 unspecified atom stereocenters. The van der Waals surface area contributed by atoms with Gasteiger partial charge in [0.05, 0.1) is 23.3 Å². The third-order valence-electron chi connectivity index (χ3n) is 2.41. The van der Waals surface area contributed by atoms with Crippen molar-refractivity contribution in [3.05, 3.63) is 33.3 Å². The Hall–Kier alpha value is -0.580. The summed E-state index contributed by atoms with van der Waals surface area (Å²) in [7, 11) is 1.74. The molecule has 1 amide bonds. The number of hydrogen-bond donors (Lipinski definition) is 0. The number of carbonyl (C=O) groups excluding carboxylic acids is 1. The van der Waals surface area contributed by atoms with E-state index in [0.717, 1.165) is 4.47 Å². The van der Waals surface area contributed by atoms with Gasteiger partial charge < -0.3 is 9.64 Å². The van der Waals surface area contributed by atoms with Gasteiger partial charge in [-0.05, 0) is 41.9 Å². The number of rotatable bonds is 5. The molecule has 0 bridgehead atoms. The third-order valence-corrected chi connectivity index (χ3v) is 3.70. The van der Waals surface area contributed by atoms with Crippen LogP contribution in [0.5, 0.6) is 0 Å². The minimum Gasteiger partial charge on any atom is -0.377 e. The van der Waals surface area contributed by atoms with E-state index in [4.69, 9.17) is 16.3 Å². The molecule has 100 valence electrons. The highest BCUT2D eigenvalue weighted by molar-refractivity contribution is 9.10. The fourth-order valence-corrected chi connectivity index (χ4v) is 1.97. The van der Waals surface area contributed by atoms with Gasteiger partial charge in [0, 0.05) is 18.1 Å². The van der Waals surface area contributed by atoms with Crippen molar-refractivity contribution in [2.24, 2.45) is 0 Å². The lowest BCUT2D eigenvalue weighted by Gasteiger charge is -2.19. The van der Waals surface area contributed by atoms with E-state index in [1.165, 1.54) is 0 Å². The van der Waals surface area contributed by atoms with Gasteiger partial charge in [-0.25, -0.2) is 0 Å². The second-order valence-corrected chi connectivity index (χ2v) is 5.48. The fraction of sp³-hybridized carbons (Fsp3) is 0.462. The van der Waals surface area contributed by atoms with Crippen LogP contribution in [-0.4, -0.2) is 37.1 Å². The lowest BCUT2D eigenvalue weighted by Crippen LogP contribution is -2.31. The summed E-state index contributed by atoms with van der Waals surface area (Å²) in [5.74, 6) is -0.103. The second kappa shape index (κ2) is 7.12. The van der Waals surface area contributed by atoms with E-state index < -0.39 is 0 Å². The molecule has 1 aromatic carbocycles. The van der Waals surface area contributed by atoms with Crippen LogP contribution in [-0.2, 0) is 4.74 Å². The summed E-state index contributed by atoms with van der Waals surface area (Å²) in [6, 6.07) is 5.32. The number of carbonyl (C=O) groups is 1. The maximum atomic E-state index is 12.2. The molecule has 0 N–H and O–H groups in total. The van der Waals surface area contributed by atoms with Crippen molar-refractivity contribution in [3.8, 4) is 0 Å². The molecule has 0 aliphatic heterocycles. The third kappa shape index (κ3) is 4.26. The summed E-state index contributed by atoms with van der Waals surface area (Å²) in [4.78, 5) is 13.8. The maximum Gasteiger partial charge on any atom is 0.255 e. The second-order valence-electron chi connectivity index (χ2n) is 4.25. The average molecular weight is 335 g/mol. The number of ether oxygens (including phenoxy) is 1. The van der Waals surface area contributed by atoms with Crippen LogP contribution < -0.4 is 0 Å². The SMILES string of the molecule is CC(C)OCCN(C)C(=O)c1cccc(Br)c1Cl. The summed E-state index contributed by atoms with van der Waals surface area (Å²) in [6.45, 7) is 4.99. The van der Waals surface area contributed by atoms with Crippen LogP contribution in [0.3, 0.4) is 0 Å². The van der Waals surface area contributed by atoms with Gasteiger partial charge >= 0.3 is 0 Å². The Kier molecular flexibility index (Phi) is 6.12. The van der Waals surface area contributed by atoms with Gasteiger partial charge in [-0.2, -0.15) is 0 Å². The molecule has 3 nitrogen and oxygen atoms in total. The number of hydrogen-bond acceptors (Lipinski definition) is 2. The van der Waals surface area contributed by atoms with Crippen LogP contribution in [0.1, 0.15) is 24.2 Å². The first-order valence-electron chi connectivity index (χ1n) is 5.74. The molecule has 0 atom stereocenters. The van der Waals surface area contributed by atoms with E-state index in [-0.39, 0.29) is 12.0 Å². The molecule has 0 fully saturated rings. The number of amides is 1. The molecule has 0 saturated heterocycles. The number of benzene rings is 1. The summed E-state index contributed by atoms with van der Waals surface area (Å²) >= 11 is 9.40. The fourth-order valence-electron chi connectivity index (χ4n) is 1.40. The van der Waals surface area contributed by atoms with E-state index in [2.05, 4.69) is 15.9 Å². The van der Waals surface area contributed by atoms with E-state index in [1.807, 2.05) is 13.8 Å². The topological polar surface area (TPSA) is 29.5 Å². The molecule has 5 heteroatoms. The van der Waals surface area contributed by atoms with Crippen LogP contribution in [0.2, 0.25) is 5.02 Å². The molecule has 18 heavy (non-hydrogen) atoms. The normalized spacial score (nSPS) is 10.8. The van der Waals surface area contributed by atoms with E-state index >= 15 is 0 Å². The molecule has 1 rings (SSSR count). The van der Waals surface area contributed by atoms with Crippen molar-refractivity contribution in [2.45, 2.75) is 20.0 Å². The van der Waals surface area contributed by atoms with Crippen molar-refractivity contribution in [2.75, 3.05) is 20.2 Å². The molecule has 0 aliphatic carbocycles. The van der Waals surface area contributed by atoms with Crippen LogP contribution >= 0.6 is 27.5 Å². The van der Waals surface area contributed by atoms with E-state index in [1.54, 1.807) is 30.1 Å². The Labute approximate surface area is 121 Å². The predicted molar refractivity (Wildman–Crippen MR) is 77.2 cm³/mol. The highest BCUT2D eigenvalue weighted by Gasteiger charge is 2.16. The van der Waals surface area contributed by atoms with Gasteiger partial charge in [-0.3, -0.25) is 4.79 Å². The zero-order valence-electron chi connectivity index (χ0n) is 10.7. The summed E-state index contributed by atoms with van der Waals surface area (Å²) < 4.78 is 6.14. The van der Waals surface area contributed by atoms with Gasteiger partial charge in [-0.15, -0.1) is 0 Å². The largest absolute Gasteiger partial charge is 0.377 e. The Morgan fingerprint density at radius 1 is 1.50 bits per heavy atom. The van der Waals surface area contributed by atoms with Gasteiger partial charge in [0.2, 0.25) is 0 Å². The maximum absolute atomic E-state index is 12.2. The summed E-state index contributed by atoms with van der Waals surface area (Å²) in [6.07, 6.45) is 0.169. The molecular weight excluding hydrogens is 318 g/mol. The highest BCUT2D eigenvalue weighted by Crippen LogP contribution is 2.26. The van der Waals surface area contributed by atoms with Crippen molar-refractivity contribution >= 4 is 33.4 Å². The van der Waals surface area contributed by atoms with E-state index in [0.29, 0.717) is 23.7 Å². The molecule has 0 heterocycles. The number of halogens is 2. The van der Waals surface area contributed by atoms with Crippen molar-refractivity contribution in [3.63, 3.8) is 0 Å². The quantitative estimate of drug-likeness (QED) is 0.823. The molecule has 0 radical (unpaired) electrons. The van der Waals surface area contributed by atoms with Crippen molar-refractivity contribution in [1.82, 2.24) is 4.90 Å². The van der Waals surface area contributed by atoms with Crippen LogP contribution in [0.25, 0.3) is 0 Å². The van der Waals surface area contributed by atoms with E-state index in [9.17, 15) is 4.79 Å². The Morgan fingerprint density at radius 2 is 2.17 bits per heavy atom. The molecule has 0 aliphatic rings. The zero-order valence-corrected chi connectivity index (χ0v) is 13.1. The van der Waals surface area contributed by atoms with Gasteiger partial charge in [0.15, 0.2) is 0 Å². The van der Waals surface area contributed by atoms with Crippen LogP contribution in [0.4, 0.5) is 0 Å².